The molecule has 1 aromatic rings. The summed E-state index contributed by atoms with van der Waals surface area (Å²) in [5.41, 5.74) is 1.60. The first-order chi connectivity index (χ1) is 14.1. The van der Waals surface area contributed by atoms with E-state index in [2.05, 4.69) is 21.2 Å². The number of benzene rings is 1. The summed E-state index contributed by atoms with van der Waals surface area (Å²) in [6.07, 6.45) is 5.48. The van der Waals surface area contributed by atoms with Crippen molar-refractivity contribution >= 4 is 23.2 Å². The van der Waals surface area contributed by atoms with E-state index in [4.69, 9.17) is 22.1 Å². The van der Waals surface area contributed by atoms with Crippen molar-refractivity contribution in [3.05, 3.63) is 28.8 Å². The Hall–Kier alpha value is -2.28. The SMILES string of the molecule is N#CCC(=O)NC1CCC(CCN2CCN(c3cc(C#N)ccc3Cl)CC2)CC1. The lowest BCUT2D eigenvalue weighted by atomic mass is 9.84. The van der Waals surface area contributed by atoms with Crippen molar-refractivity contribution in [1.82, 2.24) is 10.2 Å². The van der Waals surface area contributed by atoms with Crippen LogP contribution in [0.3, 0.4) is 0 Å². The van der Waals surface area contributed by atoms with Gasteiger partial charge >= 0.3 is 0 Å². The maximum Gasteiger partial charge on any atom is 0.234 e. The molecule has 3 rings (SSSR count). The third-order valence-corrected chi connectivity index (χ3v) is 6.41. The highest BCUT2D eigenvalue weighted by molar-refractivity contribution is 6.33. The highest BCUT2D eigenvalue weighted by atomic mass is 35.5. The second-order valence-electron chi connectivity index (χ2n) is 8.02. The van der Waals surface area contributed by atoms with Crippen molar-refractivity contribution < 1.29 is 4.79 Å². The molecule has 0 atom stereocenters. The van der Waals surface area contributed by atoms with Gasteiger partial charge in [-0.15, -0.1) is 0 Å². The van der Waals surface area contributed by atoms with Gasteiger partial charge in [-0.3, -0.25) is 9.69 Å². The number of piperazine rings is 1. The van der Waals surface area contributed by atoms with Gasteiger partial charge in [0.1, 0.15) is 6.42 Å². The fourth-order valence-electron chi connectivity index (χ4n) is 4.35. The van der Waals surface area contributed by atoms with Gasteiger partial charge in [0.25, 0.3) is 0 Å². The van der Waals surface area contributed by atoms with Gasteiger partial charge < -0.3 is 10.2 Å². The summed E-state index contributed by atoms with van der Waals surface area (Å²) in [5, 5.41) is 21.4. The summed E-state index contributed by atoms with van der Waals surface area (Å²) >= 11 is 6.34. The minimum Gasteiger partial charge on any atom is -0.368 e. The first kappa shape index (κ1) is 21.4. The number of amides is 1. The lowest BCUT2D eigenvalue weighted by Crippen LogP contribution is -2.47. The number of nitrogens with one attached hydrogen (secondary N) is 1. The van der Waals surface area contributed by atoms with Gasteiger partial charge in [-0.2, -0.15) is 10.5 Å². The largest absolute Gasteiger partial charge is 0.368 e. The zero-order chi connectivity index (χ0) is 20.6. The highest BCUT2D eigenvalue weighted by Gasteiger charge is 2.24. The van der Waals surface area contributed by atoms with E-state index in [1.807, 2.05) is 12.1 Å². The first-order valence-corrected chi connectivity index (χ1v) is 10.8. The monoisotopic (exact) mass is 413 g/mol. The molecule has 0 spiro atoms. The molecular formula is C22H28ClN5O. The molecule has 1 heterocycles. The number of nitriles is 2. The molecule has 0 radical (unpaired) electrons. The van der Waals surface area contributed by atoms with Gasteiger partial charge in [-0.1, -0.05) is 11.6 Å². The lowest BCUT2D eigenvalue weighted by molar-refractivity contribution is -0.121. The normalized spacial score (nSPS) is 22.5. The number of halogens is 1. The van der Waals surface area contributed by atoms with Crippen LogP contribution in [-0.2, 0) is 4.79 Å². The van der Waals surface area contributed by atoms with Crippen LogP contribution in [0.15, 0.2) is 18.2 Å². The van der Waals surface area contributed by atoms with Crippen molar-refractivity contribution in [2.24, 2.45) is 5.92 Å². The van der Waals surface area contributed by atoms with Crippen LogP contribution in [0.4, 0.5) is 5.69 Å². The molecular weight excluding hydrogens is 386 g/mol. The van der Waals surface area contributed by atoms with Gasteiger partial charge in [0.05, 0.1) is 28.4 Å². The van der Waals surface area contributed by atoms with Crippen molar-refractivity contribution in [1.29, 1.82) is 10.5 Å². The Morgan fingerprint density at radius 1 is 1.14 bits per heavy atom. The number of nitrogens with zero attached hydrogens (tertiary/aromatic N) is 4. The van der Waals surface area contributed by atoms with E-state index in [9.17, 15) is 4.79 Å². The maximum absolute atomic E-state index is 11.5. The second kappa shape index (κ2) is 10.5. The average Bonchev–Trinajstić information content (AvgIpc) is 2.74. The molecule has 154 valence electrons. The Bertz CT molecular complexity index is 783. The fourth-order valence-corrected chi connectivity index (χ4v) is 4.59. The van der Waals surface area contributed by atoms with Crippen molar-refractivity contribution in [2.45, 2.75) is 44.6 Å². The van der Waals surface area contributed by atoms with Gasteiger partial charge in [-0.25, -0.2) is 0 Å². The summed E-state index contributed by atoms with van der Waals surface area (Å²) in [4.78, 5) is 16.3. The number of carbonyl (C=O) groups excluding carboxylic acids is 1. The summed E-state index contributed by atoms with van der Waals surface area (Å²) in [7, 11) is 0. The summed E-state index contributed by atoms with van der Waals surface area (Å²) in [6, 6.07) is 9.77. The van der Waals surface area contributed by atoms with Gasteiger partial charge in [0, 0.05) is 32.2 Å². The summed E-state index contributed by atoms with van der Waals surface area (Å²) in [5.74, 6) is 0.577. The molecule has 1 aliphatic heterocycles. The number of hydrogen-bond acceptors (Lipinski definition) is 5. The Morgan fingerprint density at radius 2 is 1.86 bits per heavy atom. The van der Waals surface area contributed by atoms with Gasteiger partial charge in [-0.05, 0) is 62.8 Å². The predicted molar refractivity (Wildman–Crippen MR) is 114 cm³/mol. The Morgan fingerprint density at radius 3 is 2.52 bits per heavy atom. The lowest BCUT2D eigenvalue weighted by Gasteiger charge is -2.37. The van der Waals surface area contributed by atoms with Crippen LogP contribution in [-0.4, -0.2) is 49.6 Å². The molecule has 0 aromatic heterocycles. The van der Waals surface area contributed by atoms with E-state index in [1.165, 1.54) is 6.42 Å². The molecule has 0 bridgehead atoms. The zero-order valence-electron chi connectivity index (χ0n) is 16.7. The van der Waals surface area contributed by atoms with E-state index in [0.29, 0.717) is 10.6 Å². The van der Waals surface area contributed by atoms with Crippen LogP contribution in [0.5, 0.6) is 0 Å². The molecule has 7 heteroatoms. The quantitative estimate of drug-likeness (QED) is 0.773. The van der Waals surface area contributed by atoms with Crippen molar-refractivity contribution in [3.63, 3.8) is 0 Å². The molecule has 0 unspecified atom stereocenters. The Kier molecular flexibility index (Phi) is 7.75. The molecule has 6 nitrogen and oxygen atoms in total. The number of rotatable bonds is 6. The van der Waals surface area contributed by atoms with Gasteiger partial charge in [0.2, 0.25) is 5.91 Å². The smallest absolute Gasteiger partial charge is 0.234 e. The van der Waals surface area contributed by atoms with Crippen LogP contribution in [0.1, 0.15) is 44.1 Å². The van der Waals surface area contributed by atoms with Gasteiger partial charge in [0.15, 0.2) is 0 Å². The summed E-state index contributed by atoms with van der Waals surface area (Å²) < 4.78 is 0. The molecule has 1 saturated heterocycles. The van der Waals surface area contributed by atoms with E-state index < -0.39 is 0 Å². The van der Waals surface area contributed by atoms with E-state index in [-0.39, 0.29) is 18.4 Å². The van der Waals surface area contributed by atoms with E-state index in [1.54, 1.807) is 12.1 Å². The fraction of sp³-hybridized carbons (Fsp3) is 0.591. The number of anilines is 1. The van der Waals surface area contributed by atoms with Crippen LogP contribution >= 0.6 is 11.6 Å². The summed E-state index contributed by atoms with van der Waals surface area (Å²) in [6.45, 7) is 4.97. The predicted octanol–water partition coefficient (Wildman–Crippen LogP) is 3.31. The van der Waals surface area contributed by atoms with Crippen molar-refractivity contribution in [3.8, 4) is 12.1 Å². The molecule has 29 heavy (non-hydrogen) atoms. The van der Waals surface area contributed by atoms with Crippen LogP contribution in [0.25, 0.3) is 0 Å². The molecule has 2 fully saturated rings. The van der Waals surface area contributed by atoms with E-state index in [0.717, 1.165) is 70.0 Å². The van der Waals surface area contributed by atoms with Crippen LogP contribution in [0.2, 0.25) is 5.02 Å². The van der Waals surface area contributed by atoms with Crippen LogP contribution in [0, 0.1) is 28.6 Å². The minimum atomic E-state index is -0.144. The zero-order valence-corrected chi connectivity index (χ0v) is 17.5. The van der Waals surface area contributed by atoms with Crippen LogP contribution < -0.4 is 10.2 Å². The molecule has 1 aliphatic carbocycles. The number of hydrogen-bond donors (Lipinski definition) is 1. The number of carbonyl (C=O) groups is 1. The van der Waals surface area contributed by atoms with E-state index >= 15 is 0 Å². The molecule has 1 aromatic carbocycles. The first-order valence-electron chi connectivity index (χ1n) is 10.4. The standard InChI is InChI=1S/C22H28ClN5O/c23-20-6-3-18(16-25)15-21(20)28-13-11-27(12-14-28)10-8-17-1-4-19(5-2-17)26-22(29)7-9-24/h3,6,15,17,19H,1-2,4-5,7-8,10-14H2,(H,26,29). The third-order valence-electron chi connectivity index (χ3n) is 6.09. The highest BCUT2D eigenvalue weighted by Crippen LogP contribution is 2.29. The third kappa shape index (κ3) is 6.10. The second-order valence-corrected chi connectivity index (χ2v) is 8.42. The average molecular weight is 414 g/mol. The molecule has 2 aliphatic rings. The minimum absolute atomic E-state index is 0.0437. The molecule has 1 N–H and O–H groups in total. The Balaban J connectivity index is 1.37. The Labute approximate surface area is 178 Å². The maximum atomic E-state index is 11.5. The molecule has 1 amide bonds. The topological polar surface area (TPSA) is 83.2 Å². The van der Waals surface area contributed by atoms with Crippen molar-refractivity contribution in [2.75, 3.05) is 37.6 Å². The molecule has 1 saturated carbocycles.